The van der Waals surface area contributed by atoms with E-state index in [2.05, 4.69) is 0 Å². The highest BCUT2D eigenvalue weighted by atomic mass is 32.3. The molecule has 0 saturated carbocycles. The summed E-state index contributed by atoms with van der Waals surface area (Å²) in [6, 6.07) is 4.77. The maximum absolute atomic E-state index is 14.2. The number of phenols is 1. The minimum atomic E-state index is -6.50. The van der Waals surface area contributed by atoms with Gasteiger partial charge >= 0.3 is 15.6 Å². The van der Waals surface area contributed by atoms with Gasteiger partial charge in [0, 0.05) is 26.8 Å². The number of benzene rings is 3. The average molecular weight is 528 g/mol. The number of rotatable bonds is 5. The molecule has 0 amide bonds. The summed E-state index contributed by atoms with van der Waals surface area (Å²) in [5.74, 6) is -5.58. The van der Waals surface area contributed by atoms with Gasteiger partial charge in [-0.1, -0.05) is 0 Å². The van der Waals surface area contributed by atoms with E-state index in [9.17, 15) is 44.3 Å². The van der Waals surface area contributed by atoms with Gasteiger partial charge in [-0.25, -0.2) is 17.6 Å². The van der Waals surface area contributed by atoms with E-state index in [0.29, 0.717) is 36.4 Å². The highest BCUT2D eigenvalue weighted by molar-refractivity contribution is 8.33. The van der Waals surface area contributed by atoms with Crippen LogP contribution in [-0.2, 0) is 13.7 Å². The van der Waals surface area contributed by atoms with Crippen LogP contribution in [0.4, 0.5) is 30.7 Å². The topological polar surface area (TPSA) is 63.6 Å². The van der Waals surface area contributed by atoms with Crippen LogP contribution in [-0.4, -0.2) is 19.0 Å². The summed E-state index contributed by atoms with van der Waals surface area (Å²) in [6.45, 7) is 2.62. The molecule has 0 radical (unpaired) electrons. The Bertz CT molecular complexity index is 1260. The van der Waals surface area contributed by atoms with Crippen molar-refractivity contribution in [2.24, 2.45) is 0 Å². The van der Waals surface area contributed by atoms with Crippen molar-refractivity contribution in [1.82, 2.24) is 0 Å². The molecule has 34 heavy (non-hydrogen) atoms. The van der Waals surface area contributed by atoms with E-state index >= 15 is 0 Å². The molecule has 3 rings (SSSR count). The Morgan fingerprint density at radius 2 is 1.00 bits per heavy atom. The van der Waals surface area contributed by atoms with Gasteiger partial charge in [0.15, 0.2) is 0 Å². The predicted molar refractivity (Wildman–Crippen MR) is 109 cm³/mol. The van der Waals surface area contributed by atoms with Crippen molar-refractivity contribution in [3.63, 3.8) is 0 Å². The number of aryl methyl sites for hydroxylation is 2. The molecule has 0 aliphatic heterocycles. The Kier molecular flexibility index (Phi) is 6.68. The summed E-state index contributed by atoms with van der Waals surface area (Å²) in [5, 5.41) is 10.1. The van der Waals surface area contributed by atoms with Gasteiger partial charge in [0.2, 0.25) is 0 Å². The van der Waals surface area contributed by atoms with Crippen molar-refractivity contribution in [1.29, 1.82) is 0 Å². The second-order valence-electron chi connectivity index (χ2n) is 7.14. The van der Waals surface area contributed by atoms with Crippen LogP contribution >= 0.6 is 10.3 Å². The molecule has 13 heteroatoms. The van der Waals surface area contributed by atoms with E-state index in [-0.39, 0.29) is 16.9 Å². The molecule has 0 aliphatic rings. The van der Waals surface area contributed by atoms with Gasteiger partial charge in [-0.3, -0.25) is 0 Å². The molecule has 4 nitrogen and oxygen atoms in total. The second-order valence-corrected chi connectivity index (χ2v) is 11.6. The number of hydrogen-bond acceptors (Lipinski definition) is 4. The van der Waals surface area contributed by atoms with Crippen molar-refractivity contribution in [3.8, 4) is 5.75 Å². The zero-order valence-electron chi connectivity index (χ0n) is 17.3. The van der Waals surface area contributed by atoms with E-state index < -0.39 is 63.9 Å². The molecule has 0 fully saturated rings. The summed E-state index contributed by atoms with van der Waals surface area (Å²) < 4.78 is 126. The largest absolute Gasteiger partial charge is 0.524 e. The van der Waals surface area contributed by atoms with E-state index in [1.165, 1.54) is 13.8 Å². The molecule has 0 saturated heterocycles. The van der Waals surface area contributed by atoms with Crippen molar-refractivity contribution in [2.45, 2.75) is 34.0 Å². The maximum atomic E-state index is 14.2. The quantitative estimate of drug-likeness (QED) is 0.298. The molecular weight excluding hydrogens is 513 g/mol. The number of hydrogen-bond donors (Lipinski definition) is 1. The summed E-state index contributed by atoms with van der Waals surface area (Å²) in [7, 11) is -10.9. The van der Waals surface area contributed by atoms with Crippen LogP contribution in [0.2, 0.25) is 0 Å². The number of phenolic OH excluding ortho intramolecular Hbond substituents is 1. The maximum Gasteiger partial charge on any atom is 0.524 e. The highest BCUT2D eigenvalue weighted by Crippen LogP contribution is 2.71. The molecule has 0 aliphatic carbocycles. The van der Waals surface area contributed by atoms with Gasteiger partial charge < -0.3 is 5.11 Å². The van der Waals surface area contributed by atoms with Crippen LogP contribution in [0.5, 0.6) is 5.75 Å². The first-order chi connectivity index (χ1) is 15.6. The smallest absolute Gasteiger partial charge is 0.507 e. The van der Waals surface area contributed by atoms with Gasteiger partial charge in [-0.05, 0) is 71.7 Å². The van der Waals surface area contributed by atoms with Gasteiger partial charge in [0.1, 0.15) is 29.0 Å². The molecule has 0 spiro atoms. The molecule has 3 aromatic carbocycles. The molecule has 0 aromatic heterocycles. The molecule has 0 unspecified atom stereocenters. The Morgan fingerprint density at radius 3 is 1.32 bits per heavy atom. The molecule has 184 valence electrons. The van der Waals surface area contributed by atoms with Crippen LogP contribution in [0.3, 0.4) is 0 Å². The first-order valence-corrected chi connectivity index (χ1v) is 12.1. The molecule has 0 atom stereocenters. The van der Waals surface area contributed by atoms with E-state index in [1.54, 1.807) is 0 Å². The number of alkyl halides is 3. The Labute approximate surface area is 191 Å². The van der Waals surface area contributed by atoms with Crippen molar-refractivity contribution < 1.29 is 47.9 Å². The average Bonchev–Trinajstić information content (AvgIpc) is 2.67. The molecule has 3 aromatic rings. The predicted octanol–water partition coefficient (Wildman–Crippen LogP) is 6.63. The lowest BCUT2D eigenvalue weighted by Gasteiger charge is -2.39. The van der Waals surface area contributed by atoms with E-state index in [1.807, 2.05) is 0 Å². The lowest BCUT2D eigenvalue weighted by atomic mass is 10.1. The summed E-state index contributed by atoms with van der Waals surface area (Å²) in [4.78, 5) is -1.97. The van der Waals surface area contributed by atoms with Gasteiger partial charge in [0.25, 0.3) is 0 Å². The van der Waals surface area contributed by atoms with Crippen LogP contribution in [0.1, 0.15) is 11.1 Å². The third kappa shape index (κ3) is 4.72. The summed E-state index contributed by atoms with van der Waals surface area (Å²) in [6.07, 6.45) is 0. The minimum Gasteiger partial charge on any atom is -0.507 e. The first kappa shape index (κ1) is 25.8. The lowest BCUT2D eigenvalue weighted by molar-refractivity contribution is -0.0496. The molecule has 0 heterocycles. The standard InChI is InChI=1S/C21H15F7O4S2/c1-11-3-17(4-12(2)20(11)29)33(32-34(30,31)21(26,27)28,18-7-13(22)5-14(23)8-18)19-9-15(24)6-16(25)10-19/h3-10,29H,1-2H3. The van der Waals surface area contributed by atoms with Crippen LogP contribution in [0.15, 0.2) is 63.2 Å². The molecular formula is C21H15F7O4S2. The molecule has 0 bridgehead atoms. The van der Waals surface area contributed by atoms with E-state index in [0.717, 1.165) is 12.1 Å². The van der Waals surface area contributed by atoms with Crippen molar-refractivity contribution in [2.75, 3.05) is 0 Å². The normalized spacial score (nSPS) is 13.2. The fraction of sp³-hybridized carbons (Fsp3) is 0.143. The van der Waals surface area contributed by atoms with Crippen LogP contribution in [0.25, 0.3) is 0 Å². The fourth-order valence-electron chi connectivity index (χ4n) is 3.17. The number of aromatic hydroxyl groups is 1. The number of halogens is 7. The second kappa shape index (κ2) is 8.78. The van der Waals surface area contributed by atoms with Gasteiger partial charge in [-0.2, -0.15) is 25.2 Å². The monoisotopic (exact) mass is 528 g/mol. The van der Waals surface area contributed by atoms with Gasteiger partial charge in [-0.15, -0.1) is 0 Å². The van der Waals surface area contributed by atoms with Gasteiger partial charge in [0.05, 0.1) is 0 Å². The zero-order valence-corrected chi connectivity index (χ0v) is 18.9. The van der Waals surface area contributed by atoms with Crippen molar-refractivity contribution in [3.05, 3.63) is 82.9 Å². The van der Waals surface area contributed by atoms with Crippen molar-refractivity contribution >= 4 is 20.4 Å². The zero-order chi connectivity index (χ0) is 25.6. The lowest BCUT2D eigenvalue weighted by Crippen LogP contribution is -2.27. The van der Waals surface area contributed by atoms with Crippen LogP contribution in [0, 0.1) is 37.1 Å². The SMILES string of the molecule is Cc1cc(S(OS(=O)(=O)C(F)(F)F)(c2cc(F)cc(F)c2)c2cc(F)cc(F)c2)cc(C)c1O. The Balaban J connectivity index is 2.58. The highest BCUT2D eigenvalue weighted by Gasteiger charge is 2.53. The van der Waals surface area contributed by atoms with E-state index in [4.69, 9.17) is 3.63 Å². The minimum absolute atomic E-state index is 0.0219. The Morgan fingerprint density at radius 1 is 0.676 bits per heavy atom. The Hall–Kier alpha value is -2.77. The summed E-state index contributed by atoms with van der Waals surface area (Å²) in [5.41, 5.74) is -5.95. The third-order valence-electron chi connectivity index (χ3n) is 4.61. The summed E-state index contributed by atoms with van der Waals surface area (Å²) >= 11 is 0. The molecule has 1 N–H and O–H groups in total. The van der Waals surface area contributed by atoms with Crippen LogP contribution < -0.4 is 0 Å². The first-order valence-electron chi connectivity index (χ1n) is 9.15. The fourth-order valence-corrected chi connectivity index (χ4v) is 8.11. The third-order valence-corrected chi connectivity index (χ3v) is 9.41.